The lowest BCUT2D eigenvalue weighted by atomic mass is 10.1. The first kappa shape index (κ1) is 14.8. The SMILES string of the molecule is C[C@@H](NC(=O)c1cnc(-c2ccccc2)nc1)c1ccncc1. The molecule has 0 aliphatic carbocycles. The molecule has 0 radical (unpaired) electrons. The second kappa shape index (κ2) is 6.79. The van der Waals surface area contributed by atoms with Gasteiger partial charge in [-0.15, -0.1) is 0 Å². The zero-order valence-electron chi connectivity index (χ0n) is 12.7. The Morgan fingerprint density at radius 2 is 1.65 bits per heavy atom. The number of nitrogens with zero attached hydrogens (tertiary/aromatic N) is 3. The van der Waals surface area contributed by atoms with Crippen LogP contribution in [0.15, 0.2) is 67.3 Å². The van der Waals surface area contributed by atoms with Crippen LogP contribution in [0.25, 0.3) is 11.4 Å². The number of benzene rings is 1. The number of hydrogen-bond acceptors (Lipinski definition) is 4. The van der Waals surface area contributed by atoms with Crippen LogP contribution in [0.4, 0.5) is 0 Å². The molecule has 3 rings (SSSR count). The largest absolute Gasteiger partial charge is 0.345 e. The van der Waals surface area contributed by atoms with E-state index in [1.165, 1.54) is 0 Å². The van der Waals surface area contributed by atoms with Crippen molar-refractivity contribution < 1.29 is 4.79 Å². The number of nitrogens with one attached hydrogen (secondary N) is 1. The van der Waals surface area contributed by atoms with Gasteiger partial charge in [-0.1, -0.05) is 30.3 Å². The van der Waals surface area contributed by atoms with Crippen LogP contribution < -0.4 is 5.32 Å². The molecular weight excluding hydrogens is 288 g/mol. The Morgan fingerprint density at radius 1 is 1.00 bits per heavy atom. The highest BCUT2D eigenvalue weighted by Gasteiger charge is 2.12. The molecule has 0 saturated carbocycles. The standard InChI is InChI=1S/C18H16N4O/c1-13(14-7-9-19-10-8-14)22-18(23)16-11-20-17(21-12-16)15-5-3-2-4-6-15/h2-13H,1H3,(H,22,23)/t13-/m1/s1. The van der Waals surface area contributed by atoms with Crippen LogP contribution in [0, 0.1) is 0 Å². The molecule has 1 aromatic carbocycles. The summed E-state index contributed by atoms with van der Waals surface area (Å²) in [5.74, 6) is 0.401. The first-order chi connectivity index (χ1) is 11.2. The number of aromatic nitrogens is 3. The Labute approximate surface area is 134 Å². The van der Waals surface area contributed by atoms with E-state index in [1.54, 1.807) is 24.8 Å². The third-order valence-electron chi connectivity index (χ3n) is 3.50. The number of rotatable bonds is 4. The maximum absolute atomic E-state index is 12.3. The van der Waals surface area contributed by atoms with Gasteiger partial charge in [-0.05, 0) is 24.6 Å². The number of amides is 1. The molecule has 5 heteroatoms. The van der Waals surface area contributed by atoms with Crippen LogP contribution in [0.3, 0.4) is 0 Å². The molecule has 1 amide bonds. The summed E-state index contributed by atoms with van der Waals surface area (Å²) in [6.07, 6.45) is 6.50. The van der Waals surface area contributed by atoms with E-state index < -0.39 is 0 Å². The van der Waals surface area contributed by atoms with Gasteiger partial charge in [0.15, 0.2) is 5.82 Å². The average molecular weight is 304 g/mol. The van der Waals surface area contributed by atoms with Gasteiger partial charge in [0.2, 0.25) is 0 Å². The summed E-state index contributed by atoms with van der Waals surface area (Å²) in [7, 11) is 0. The lowest BCUT2D eigenvalue weighted by molar-refractivity contribution is 0.0939. The first-order valence-electron chi connectivity index (χ1n) is 7.32. The number of carbonyl (C=O) groups excluding carboxylic acids is 1. The van der Waals surface area contributed by atoms with E-state index in [-0.39, 0.29) is 11.9 Å². The monoisotopic (exact) mass is 304 g/mol. The molecule has 3 aromatic rings. The Hall–Kier alpha value is -3.08. The van der Waals surface area contributed by atoms with Crippen LogP contribution in [0.1, 0.15) is 28.9 Å². The van der Waals surface area contributed by atoms with Crippen molar-refractivity contribution in [3.8, 4) is 11.4 Å². The molecule has 114 valence electrons. The molecule has 0 fully saturated rings. The van der Waals surface area contributed by atoms with Crippen molar-refractivity contribution in [3.63, 3.8) is 0 Å². The first-order valence-corrected chi connectivity index (χ1v) is 7.32. The summed E-state index contributed by atoms with van der Waals surface area (Å²) < 4.78 is 0. The van der Waals surface area contributed by atoms with E-state index >= 15 is 0 Å². The second-order valence-corrected chi connectivity index (χ2v) is 5.14. The quantitative estimate of drug-likeness (QED) is 0.804. The zero-order chi connectivity index (χ0) is 16.1. The van der Waals surface area contributed by atoms with Gasteiger partial charge in [0.05, 0.1) is 11.6 Å². The summed E-state index contributed by atoms with van der Waals surface area (Å²) in [6.45, 7) is 1.92. The fraction of sp³-hybridized carbons (Fsp3) is 0.111. The number of hydrogen-bond donors (Lipinski definition) is 1. The minimum Gasteiger partial charge on any atom is -0.345 e. The van der Waals surface area contributed by atoms with Crippen LogP contribution in [-0.2, 0) is 0 Å². The van der Waals surface area contributed by atoms with Crippen molar-refractivity contribution in [2.24, 2.45) is 0 Å². The number of carbonyl (C=O) groups is 1. The molecule has 2 heterocycles. The van der Waals surface area contributed by atoms with Crippen LogP contribution in [0.5, 0.6) is 0 Å². The summed E-state index contributed by atoms with van der Waals surface area (Å²) in [4.78, 5) is 24.8. The van der Waals surface area contributed by atoms with E-state index in [9.17, 15) is 4.79 Å². The van der Waals surface area contributed by atoms with Gasteiger partial charge >= 0.3 is 0 Å². The van der Waals surface area contributed by atoms with E-state index in [4.69, 9.17) is 0 Å². The highest BCUT2D eigenvalue weighted by molar-refractivity contribution is 5.93. The molecule has 5 nitrogen and oxygen atoms in total. The van der Waals surface area contributed by atoms with E-state index in [0.29, 0.717) is 11.4 Å². The molecule has 0 unspecified atom stereocenters. The fourth-order valence-corrected chi connectivity index (χ4v) is 2.20. The number of pyridine rings is 1. The summed E-state index contributed by atoms with van der Waals surface area (Å²) in [5, 5.41) is 2.92. The van der Waals surface area contributed by atoms with Crippen LogP contribution >= 0.6 is 0 Å². The van der Waals surface area contributed by atoms with Gasteiger partial charge in [0.25, 0.3) is 5.91 Å². The van der Waals surface area contributed by atoms with Crippen molar-refractivity contribution in [1.29, 1.82) is 0 Å². The highest BCUT2D eigenvalue weighted by Crippen LogP contribution is 2.14. The van der Waals surface area contributed by atoms with Crippen molar-refractivity contribution in [2.75, 3.05) is 0 Å². The molecular formula is C18H16N4O. The normalized spacial score (nSPS) is 11.7. The Morgan fingerprint density at radius 3 is 2.30 bits per heavy atom. The molecule has 1 N–H and O–H groups in total. The molecule has 0 spiro atoms. The van der Waals surface area contributed by atoms with Crippen LogP contribution in [0.2, 0.25) is 0 Å². The fourth-order valence-electron chi connectivity index (χ4n) is 2.20. The smallest absolute Gasteiger partial charge is 0.254 e. The third-order valence-corrected chi connectivity index (χ3v) is 3.50. The summed E-state index contributed by atoms with van der Waals surface area (Å²) in [6, 6.07) is 13.3. The Kier molecular flexibility index (Phi) is 4.38. The minimum atomic E-state index is -0.200. The third kappa shape index (κ3) is 3.58. The van der Waals surface area contributed by atoms with Crippen molar-refractivity contribution in [2.45, 2.75) is 13.0 Å². The van der Waals surface area contributed by atoms with Gasteiger partial charge in [-0.3, -0.25) is 9.78 Å². The second-order valence-electron chi connectivity index (χ2n) is 5.14. The predicted molar refractivity (Wildman–Crippen MR) is 87.6 cm³/mol. The van der Waals surface area contributed by atoms with Crippen molar-refractivity contribution in [3.05, 3.63) is 78.4 Å². The van der Waals surface area contributed by atoms with E-state index in [2.05, 4.69) is 20.3 Å². The zero-order valence-corrected chi connectivity index (χ0v) is 12.7. The minimum absolute atomic E-state index is 0.112. The molecule has 2 aromatic heterocycles. The maximum atomic E-state index is 12.3. The van der Waals surface area contributed by atoms with Crippen molar-refractivity contribution in [1.82, 2.24) is 20.3 Å². The molecule has 0 bridgehead atoms. The van der Waals surface area contributed by atoms with Gasteiger partial charge in [0, 0.05) is 30.4 Å². The van der Waals surface area contributed by atoms with Gasteiger partial charge < -0.3 is 5.32 Å². The molecule has 23 heavy (non-hydrogen) atoms. The van der Waals surface area contributed by atoms with Crippen molar-refractivity contribution >= 4 is 5.91 Å². The molecule has 1 atom stereocenters. The lowest BCUT2D eigenvalue weighted by Gasteiger charge is -2.13. The lowest BCUT2D eigenvalue weighted by Crippen LogP contribution is -2.26. The van der Waals surface area contributed by atoms with E-state index in [1.807, 2.05) is 49.4 Å². The molecule has 0 aliphatic rings. The highest BCUT2D eigenvalue weighted by atomic mass is 16.1. The van der Waals surface area contributed by atoms with Gasteiger partial charge in [0.1, 0.15) is 0 Å². The predicted octanol–water partition coefficient (Wildman–Crippen LogP) is 3.03. The topological polar surface area (TPSA) is 67.8 Å². The Balaban J connectivity index is 1.71. The average Bonchev–Trinajstić information content (AvgIpc) is 2.63. The van der Waals surface area contributed by atoms with Crippen LogP contribution in [-0.4, -0.2) is 20.9 Å². The van der Waals surface area contributed by atoms with E-state index in [0.717, 1.165) is 11.1 Å². The summed E-state index contributed by atoms with van der Waals surface area (Å²) >= 11 is 0. The van der Waals surface area contributed by atoms with Gasteiger partial charge in [-0.25, -0.2) is 9.97 Å². The maximum Gasteiger partial charge on any atom is 0.254 e. The molecule has 0 saturated heterocycles. The Bertz CT molecular complexity index is 773. The summed E-state index contributed by atoms with van der Waals surface area (Å²) in [5.41, 5.74) is 2.35. The molecule has 0 aliphatic heterocycles. The van der Waals surface area contributed by atoms with Gasteiger partial charge in [-0.2, -0.15) is 0 Å².